The van der Waals surface area contributed by atoms with Gasteiger partial charge in [0.05, 0.1) is 0 Å². The number of carbonyl (C=O) groups excluding carboxylic acids is 1. The van der Waals surface area contributed by atoms with E-state index in [9.17, 15) is 9.59 Å². The van der Waals surface area contributed by atoms with Crippen LogP contribution in [0.5, 0.6) is 0 Å². The van der Waals surface area contributed by atoms with Gasteiger partial charge in [0, 0.05) is 31.4 Å². The lowest BCUT2D eigenvalue weighted by molar-refractivity contribution is 0.0661. The maximum Gasteiger partial charge on any atom is 0.263 e. The predicted octanol–water partition coefficient (Wildman–Crippen LogP) is 3.93. The van der Waals surface area contributed by atoms with E-state index in [1.807, 2.05) is 50.5 Å². The second-order valence-corrected chi connectivity index (χ2v) is 8.98. The van der Waals surface area contributed by atoms with Gasteiger partial charge in [0.1, 0.15) is 5.56 Å². The number of amides is 1. The number of thiophene rings is 1. The Kier molecular flexibility index (Phi) is 6.73. The molecule has 0 spiro atoms. The first-order valence-electron chi connectivity index (χ1n) is 10.1. The van der Waals surface area contributed by atoms with E-state index in [4.69, 9.17) is 0 Å². The van der Waals surface area contributed by atoms with Gasteiger partial charge < -0.3 is 14.4 Å². The molecule has 0 aliphatic heterocycles. The maximum atomic E-state index is 13.6. The van der Waals surface area contributed by atoms with Crippen molar-refractivity contribution < 1.29 is 4.79 Å². The Morgan fingerprint density at radius 3 is 2.61 bits per heavy atom. The van der Waals surface area contributed by atoms with E-state index >= 15 is 0 Å². The molecule has 1 aliphatic rings. The van der Waals surface area contributed by atoms with Crippen LogP contribution in [-0.2, 0) is 6.54 Å². The van der Waals surface area contributed by atoms with Gasteiger partial charge in [0.15, 0.2) is 0 Å². The third-order valence-corrected chi connectivity index (χ3v) is 6.34. The van der Waals surface area contributed by atoms with Gasteiger partial charge in [0.25, 0.3) is 11.5 Å². The van der Waals surface area contributed by atoms with Crippen LogP contribution in [0.1, 0.15) is 60.1 Å². The molecular weight excluding hydrogens is 370 g/mol. The second-order valence-electron chi connectivity index (χ2n) is 8.20. The van der Waals surface area contributed by atoms with Gasteiger partial charge in [-0.15, -0.1) is 0 Å². The number of aromatic nitrogens is 1. The molecule has 0 bridgehead atoms. The van der Waals surface area contributed by atoms with Crippen molar-refractivity contribution in [3.8, 4) is 0 Å². The van der Waals surface area contributed by atoms with Crippen LogP contribution in [0.25, 0.3) is 0 Å². The quantitative estimate of drug-likeness (QED) is 0.706. The highest BCUT2D eigenvalue weighted by molar-refractivity contribution is 7.07. The number of hydrogen-bond acceptors (Lipinski definition) is 4. The van der Waals surface area contributed by atoms with E-state index < -0.39 is 0 Å². The fraction of sp³-hybridized carbons (Fsp3) is 0.545. The molecule has 1 amide bonds. The highest BCUT2D eigenvalue weighted by atomic mass is 32.1. The highest BCUT2D eigenvalue weighted by Crippen LogP contribution is 2.27. The number of hydrogen-bond donors (Lipinski definition) is 0. The van der Waals surface area contributed by atoms with Gasteiger partial charge in [-0.05, 0) is 74.8 Å². The Balaban J connectivity index is 1.96. The van der Waals surface area contributed by atoms with Crippen molar-refractivity contribution in [2.24, 2.45) is 0 Å². The summed E-state index contributed by atoms with van der Waals surface area (Å²) in [6, 6.07) is 4.19. The maximum absolute atomic E-state index is 13.6. The zero-order valence-electron chi connectivity index (χ0n) is 17.4. The Hall–Kier alpha value is -1.92. The van der Waals surface area contributed by atoms with Crippen molar-refractivity contribution in [2.75, 3.05) is 20.6 Å². The van der Waals surface area contributed by atoms with Crippen LogP contribution in [0.4, 0.5) is 0 Å². The zero-order chi connectivity index (χ0) is 20.3. The molecule has 2 aromatic heterocycles. The predicted molar refractivity (Wildman–Crippen MR) is 115 cm³/mol. The van der Waals surface area contributed by atoms with Gasteiger partial charge in [-0.2, -0.15) is 11.3 Å². The first-order chi connectivity index (χ1) is 13.4. The van der Waals surface area contributed by atoms with Crippen LogP contribution in [0, 0.1) is 6.92 Å². The summed E-state index contributed by atoms with van der Waals surface area (Å²) in [4.78, 5) is 30.9. The molecule has 1 aliphatic carbocycles. The molecule has 152 valence electrons. The van der Waals surface area contributed by atoms with Gasteiger partial charge in [-0.3, -0.25) is 9.59 Å². The summed E-state index contributed by atoms with van der Waals surface area (Å²) >= 11 is 1.64. The molecule has 1 unspecified atom stereocenters. The highest BCUT2D eigenvalue weighted by Gasteiger charge is 2.30. The van der Waals surface area contributed by atoms with Gasteiger partial charge in [0.2, 0.25) is 0 Å². The minimum Gasteiger partial charge on any atom is -0.331 e. The van der Waals surface area contributed by atoms with Crippen LogP contribution in [0.2, 0.25) is 0 Å². The van der Waals surface area contributed by atoms with E-state index in [2.05, 4.69) is 16.3 Å². The molecule has 1 fully saturated rings. The molecule has 5 nitrogen and oxygen atoms in total. The minimum absolute atomic E-state index is 0.00598. The zero-order valence-corrected chi connectivity index (χ0v) is 18.2. The number of aryl methyl sites for hydroxylation is 1. The van der Waals surface area contributed by atoms with E-state index in [0.29, 0.717) is 12.1 Å². The lowest BCUT2D eigenvalue weighted by Gasteiger charge is -2.30. The molecule has 0 aromatic carbocycles. The number of pyridine rings is 1. The molecule has 0 saturated heterocycles. The molecule has 2 aromatic rings. The largest absolute Gasteiger partial charge is 0.331 e. The van der Waals surface area contributed by atoms with E-state index in [-0.39, 0.29) is 23.6 Å². The second kappa shape index (κ2) is 9.05. The lowest BCUT2D eigenvalue weighted by Crippen LogP contribution is -2.42. The Bertz CT molecular complexity index is 851. The van der Waals surface area contributed by atoms with Gasteiger partial charge in [-0.1, -0.05) is 12.8 Å². The van der Waals surface area contributed by atoms with Crippen molar-refractivity contribution in [2.45, 2.75) is 58.2 Å². The summed E-state index contributed by atoms with van der Waals surface area (Å²) in [7, 11) is 3.98. The van der Waals surface area contributed by atoms with E-state index in [0.717, 1.165) is 43.4 Å². The Morgan fingerprint density at radius 1 is 1.29 bits per heavy atom. The van der Waals surface area contributed by atoms with Crippen molar-refractivity contribution >= 4 is 17.2 Å². The average Bonchev–Trinajstić information content (AvgIpc) is 3.32. The van der Waals surface area contributed by atoms with Gasteiger partial charge >= 0.3 is 0 Å². The first kappa shape index (κ1) is 20.8. The molecule has 28 heavy (non-hydrogen) atoms. The van der Waals surface area contributed by atoms with Crippen LogP contribution >= 0.6 is 11.3 Å². The van der Waals surface area contributed by atoms with Crippen LogP contribution in [0.3, 0.4) is 0 Å². The monoisotopic (exact) mass is 401 g/mol. The summed E-state index contributed by atoms with van der Waals surface area (Å²) < 4.78 is 1.71. The average molecular weight is 402 g/mol. The number of likely N-dealkylation sites (N-methyl/N-ethyl adjacent to an activating group) is 1. The fourth-order valence-electron chi connectivity index (χ4n) is 4.17. The topological polar surface area (TPSA) is 45.6 Å². The molecule has 0 radical (unpaired) electrons. The normalized spacial score (nSPS) is 15.9. The first-order valence-corrected chi connectivity index (χ1v) is 11.0. The summed E-state index contributed by atoms with van der Waals surface area (Å²) in [5, 5.41) is 4.13. The molecular formula is C22H31N3O2S. The van der Waals surface area contributed by atoms with E-state index in [1.165, 1.54) is 0 Å². The molecule has 1 atom stereocenters. The molecule has 6 heteroatoms. The smallest absolute Gasteiger partial charge is 0.263 e. The van der Waals surface area contributed by atoms with Crippen molar-refractivity contribution in [1.29, 1.82) is 0 Å². The van der Waals surface area contributed by atoms with Crippen molar-refractivity contribution in [3.05, 3.63) is 56.1 Å². The molecule has 1 saturated carbocycles. The Morgan fingerprint density at radius 2 is 2.00 bits per heavy atom. The SMILES string of the molecule is Cc1ccn(C(C)CN(C)C)c(=O)c1C(=O)N(Cc1ccsc1)C1CCCC1. The summed E-state index contributed by atoms with van der Waals surface area (Å²) in [6.07, 6.45) is 6.16. The lowest BCUT2D eigenvalue weighted by atomic mass is 10.1. The number of carbonyl (C=O) groups is 1. The van der Waals surface area contributed by atoms with Crippen LogP contribution < -0.4 is 5.56 Å². The van der Waals surface area contributed by atoms with Gasteiger partial charge in [-0.25, -0.2) is 0 Å². The van der Waals surface area contributed by atoms with Crippen molar-refractivity contribution in [3.63, 3.8) is 0 Å². The molecule has 0 N–H and O–H groups in total. The van der Waals surface area contributed by atoms with Crippen molar-refractivity contribution in [1.82, 2.24) is 14.4 Å². The molecule has 3 rings (SSSR count). The number of nitrogens with zero attached hydrogens (tertiary/aromatic N) is 3. The summed E-state index contributed by atoms with van der Waals surface area (Å²) in [5.41, 5.74) is 2.06. The minimum atomic E-state index is -0.173. The van der Waals surface area contributed by atoms with E-state index in [1.54, 1.807) is 15.9 Å². The van der Waals surface area contributed by atoms with Crippen LogP contribution in [0.15, 0.2) is 33.9 Å². The summed E-state index contributed by atoms with van der Waals surface area (Å²) in [6.45, 7) is 5.21. The summed E-state index contributed by atoms with van der Waals surface area (Å²) in [5.74, 6) is -0.119. The third kappa shape index (κ3) is 4.55. The fourth-order valence-corrected chi connectivity index (χ4v) is 4.83. The third-order valence-electron chi connectivity index (χ3n) is 5.61. The standard InChI is InChI=1S/C22H31N3O2S/c1-16-9-11-24(17(2)13-23(3)4)21(26)20(16)22(27)25(19-7-5-6-8-19)14-18-10-12-28-15-18/h9-12,15,17,19H,5-8,13-14H2,1-4H3. The number of rotatable bonds is 7. The van der Waals surface area contributed by atoms with Crippen LogP contribution in [-0.4, -0.2) is 47.0 Å². The molecule has 2 heterocycles. The Labute approximate surface area is 171 Å².